The Hall–Kier alpha value is -2.59. The molecule has 7 nitrogen and oxygen atoms in total. The van der Waals surface area contributed by atoms with E-state index in [4.69, 9.17) is 4.74 Å². The molecule has 4 rings (SSSR count). The molecule has 0 unspecified atom stereocenters. The Morgan fingerprint density at radius 1 is 1.00 bits per heavy atom. The minimum Gasteiger partial charge on any atom is -0.492 e. The van der Waals surface area contributed by atoms with Gasteiger partial charge in [-0.25, -0.2) is 4.98 Å². The SMILES string of the molecule is CN=C(NCc1nccn1Cc1ccccc1)N1CCN(CCOc2ccccc2)CC1.I. The van der Waals surface area contributed by atoms with E-state index in [2.05, 4.69) is 53.9 Å². The third-order valence-corrected chi connectivity index (χ3v) is 5.71. The molecule has 1 fully saturated rings. The lowest BCUT2D eigenvalue weighted by molar-refractivity contribution is 0.152. The Morgan fingerprint density at radius 3 is 2.39 bits per heavy atom. The van der Waals surface area contributed by atoms with E-state index in [1.54, 1.807) is 0 Å². The first-order valence-corrected chi connectivity index (χ1v) is 11.2. The number of imidazole rings is 1. The predicted molar refractivity (Wildman–Crippen MR) is 143 cm³/mol. The molecule has 0 radical (unpaired) electrons. The maximum atomic E-state index is 5.84. The molecule has 33 heavy (non-hydrogen) atoms. The van der Waals surface area contributed by atoms with Gasteiger partial charge in [-0.15, -0.1) is 24.0 Å². The molecule has 2 aromatic carbocycles. The van der Waals surface area contributed by atoms with Gasteiger partial charge in [0.1, 0.15) is 18.2 Å². The lowest BCUT2D eigenvalue weighted by atomic mass is 10.2. The predicted octanol–water partition coefficient (Wildman–Crippen LogP) is 3.32. The minimum atomic E-state index is 0. The molecule has 2 heterocycles. The number of aliphatic imine (C=N–C) groups is 1. The quantitative estimate of drug-likeness (QED) is 0.260. The van der Waals surface area contributed by atoms with Crippen molar-refractivity contribution in [2.75, 3.05) is 46.4 Å². The van der Waals surface area contributed by atoms with Crippen LogP contribution in [0, 0.1) is 0 Å². The van der Waals surface area contributed by atoms with Crippen LogP contribution in [-0.2, 0) is 13.1 Å². The van der Waals surface area contributed by atoms with Crippen LogP contribution in [0.2, 0.25) is 0 Å². The summed E-state index contributed by atoms with van der Waals surface area (Å²) in [5.74, 6) is 2.87. The van der Waals surface area contributed by atoms with E-state index in [0.717, 1.165) is 56.8 Å². The fourth-order valence-electron chi connectivity index (χ4n) is 3.91. The highest BCUT2D eigenvalue weighted by Crippen LogP contribution is 2.09. The van der Waals surface area contributed by atoms with Gasteiger partial charge in [0.2, 0.25) is 0 Å². The summed E-state index contributed by atoms with van der Waals surface area (Å²) in [6.07, 6.45) is 3.89. The first kappa shape index (κ1) is 25.0. The van der Waals surface area contributed by atoms with E-state index >= 15 is 0 Å². The number of nitrogens with zero attached hydrogens (tertiary/aromatic N) is 5. The fourth-order valence-corrected chi connectivity index (χ4v) is 3.91. The van der Waals surface area contributed by atoms with Gasteiger partial charge in [0.25, 0.3) is 0 Å². The highest BCUT2D eigenvalue weighted by Gasteiger charge is 2.19. The summed E-state index contributed by atoms with van der Waals surface area (Å²) < 4.78 is 8.02. The van der Waals surface area contributed by atoms with Crippen LogP contribution < -0.4 is 10.1 Å². The van der Waals surface area contributed by atoms with Crippen LogP contribution in [-0.4, -0.2) is 71.7 Å². The standard InChI is InChI=1S/C25H32N6O.HI/c1-26-25(28-20-24-27-12-13-31(24)21-22-8-4-2-5-9-22)30-16-14-29(15-17-30)18-19-32-23-10-6-3-7-11-23;/h2-13H,14-21H2,1H3,(H,26,28);1H. The molecule has 0 saturated carbocycles. The summed E-state index contributed by atoms with van der Waals surface area (Å²) in [5, 5.41) is 3.50. The number of para-hydroxylation sites is 1. The lowest BCUT2D eigenvalue weighted by Crippen LogP contribution is -2.53. The van der Waals surface area contributed by atoms with E-state index in [-0.39, 0.29) is 24.0 Å². The zero-order valence-electron chi connectivity index (χ0n) is 19.1. The molecule has 1 aliphatic heterocycles. The molecule has 8 heteroatoms. The summed E-state index contributed by atoms with van der Waals surface area (Å²) in [7, 11) is 1.85. The number of nitrogens with one attached hydrogen (secondary N) is 1. The van der Waals surface area contributed by atoms with E-state index in [0.29, 0.717) is 13.2 Å². The molecule has 0 atom stereocenters. The summed E-state index contributed by atoms with van der Waals surface area (Å²) in [4.78, 5) is 13.8. The number of rotatable bonds is 8. The van der Waals surface area contributed by atoms with Crippen molar-refractivity contribution >= 4 is 29.9 Å². The van der Waals surface area contributed by atoms with Crippen molar-refractivity contribution in [2.45, 2.75) is 13.1 Å². The monoisotopic (exact) mass is 560 g/mol. The molecule has 0 amide bonds. The topological polar surface area (TPSA) is 57.9 Å². The number of aromatic nitrogens is 2. The first-order chi connectivity index (χ1) is 15.8. The summed E-state index contributed by atoms with van der Waals surface area (Å²) in [6.45, 7) is 7.01. The Morgan fingerprint density at radius 2 is 1.70 bits per heavy atom. The largest absolute Gasteiger partial charge is 0.492 e. The highest BCUT2D eigenvalue weighted by atomic mass is 127. The van der Waals surface area contributed by atoms with Gasteiger partial charge >= 0.3 is 0 Å². The molecule has 3 aromatic rings. The Kier molecular flexibility index (Phi) is 10.0. The van der Waals surface area contributed by atoms with E-state index in [9.17, 15) is 0 Å². The highest BCUT2D eigenvalue weighted by molar-refractivity contribution is 14.0. The van der Waals surface area contributed by atoms with Gasteiger partial charge in [-0.1, -0.05) is 48.5 Å². The van der Waals surface area contributed by atoms with Crippen LogP contribution in [0.1, 0.15) is 11.4 Å². The number of ether oxygens (including phenoxy) is 1. The van der Waals surface area contributed by atoms with Gasteiger partial charge in [0, 0.05) is 58.7 Å². The smallest absolute Gasteiger partial charge is 0.194 e. The number of guanidine groups is 1. The second-order valence-corrected chi connectivity index (χ2v) is 7.85. The number of halogens is 1. The molecule has 0 spiro atoms. The van der Waals surface area contributed by atoms with Gasteiger partial charge in [-0.2, -0.15) is 0 Å². The molecule has 1 aliphatic rings. The molecule has 0 bridgehead atoms. The van der Waals surface area contributed by atoms with Crippen LogP contribution in [0.15, 0.2) is 78.0 Å². The number of benzene rings is 2. The average molecular weight is 560 g/mol. The van der Waals surface area contributed by atoms with Crippen molar-refractivity contribution in [1.82, 2.24) is 24.7 Å². The zero-order chi connectivity index (χ0) is 22.0. The van der Waals surface area contributed by atoms with Crippen LogP contribution in [0.5, 0.6) is 5.75 Å². The van der Waals surface area contributed by atoms with Crippen molar-refractivity contribution < 1.29 is 4.74 Å². The second-order valence-electron chi connectivity index (χ2n) is 7.85. The van der Waals surface area contributed by atoms with Gasteiger partial charge in [0.05, 0.1) is 6.54 Å². The van der Waals surface area contributed by atoms with Gasteiger partial charge in [0.15, 0.2) is 5.96 Å². The lowest BCUT2D eigenvalue weighted by Gasteiger charge is -2.36. The van der Waals surface area contributed by atoms with E-state index < -0.39 is 0 Å². The summed E-state index contributed by atoms with van der Waals surface area (Å²) in [6, 6.07) is 20.5. The van der Waals surface area contributed by atoms with Crippen LogP contribution in [0.4, 0.5) is 0 Å². The second kappa shape index (κ2) is 13.2. The number of hydrogen-bond donors (Lipinski definition) is 1. The van der Waals surface area contributed by atoms with Crippen molar-refractivity contribution in [3.63, 3.8) is 0 Å². The third-order valence-electron chi connectivity index (χ3n) is 5.71. The first-order valence-electron chi connectivity index (χ1n) is 11.2. The van der Waals surface area contributed by atoms with Gasteiger partial charge < -0.3 is 19.5 Å². The Balaban J connectivity index is 0.00000306. The maximum Gasteiger partial charge on any atom is 0.194 e. The summed E-state index contributed by atoms with van der Waals surface area (Å²) >= 11 is 0. The zero-order valence-corrected chi connectivity index (χ0v) is 21.5. The molecular weight excluding hydrogens is 527 g/mol. The normalized spacial score (nSPS) is 14.6. The Labute approximate surface area is 213 Å². The fraction of sp³-hybridized carbons (Fsp3) is 0.360. The van der Waals surface area contributed by atoms with Gasteiger partial charge in [-0.3, -0.25) is 9.89 Å². The average Bonchev–Trinajstić information content (AvgIpc) is 3.28. The van der Waals surface area contributed by atoms with Crippen molar-refractivity contribution in [3.05, 3.63) is 84.4 Å². The molecule has 1 saturated heterocycles. The molecule has 0 aliphatic carbocycles. The van der Waals surface area contributed by atoms with E-state index in [1.165, 1.54) is 5.56 Å². The van der Waals surface area contributed by atoms with E-state index in [1.807, 2.05) is 55.8 Å². The van der Waals surface area contributed by atoms with Gasteiger partial charge in [-0.05, 0) is 17.7 Å². The number of hydrogen-bond acceptors (Lipinski definition) is 4. The molecule has 1 aromatic heterocycles. The van der Waals surface area contributed by atoms with Crippen molar-refractivity contribution in [3.8, 4) is 5.75 Å². The van der Waals surface area contributed by atoms with Crippen LogP contribution in [0.25, 0.3) is 0 Å². The third kappa shape index (κ3) is 7.46. The summed E-state index contributed by atoms with van der Waals surface area (Å²) in [5.41, 5.74) is 1.27. The Bertz CT molecular complexity index is 971. The molecular formula is C25H33IN6O. The van der Waals surface area contributed by atoms with Crippen LogP contribution in [0.3, 0.4) is 0 Å². The number of piperazine rings is 1. The van der Waals surface area contributed by atoms with Crippen molar-refractivity contribution in [2.24, 2.45) is 4.99 Å². The van der Waals surface area contributed by atoms with Crippen LogP contribution >= 0.6 is 24.0 Å². The molecule has 176 valence electrons. The van der Waals surface area contributed by atoms with Crippen molar-refractivity contribution in [1.29, 1.82) is 0 Å². The maximum absolute atomic E-state index is 5.84. The minimum absolute atomic E-state index is 0. The molecule has 1 N–H and O–H groups in total.